The van der Waals surface area contributed by atoms with Gasteiger partial charge < -0.3 is 19.1 Å². The van der Waals surface area contributed by atoms with Crippen LogP contribution in [0.15, 0.2) is 42.7 Å². The second kappa shape index (κ2) is 11.5. The number of halogens is 5. The highest BCUT2D eigenvalue weighted by atomic mass is 35.5. The van der Waals surface area contributed by atoms with Crippen LogP contribution in [-0.2, 0) is 24.3 Å². The van der Waals surface area contributed by atoms with E-state index >= 15 is 8.78 Å². The van der Waals surface area contributed by atoms with E-state index in [-0.39, 0.29) is 51.5 Å². The zero-order chi connectivity index (χ0) is 30.2. The molecule has 43 heavy (non-hydrogen) atoms. The Morgan fingerprint density at radius 1 is 1.02 bits per heavy atom. The number of rotatable bonds is 9. The summed E-state index contributed by atoms with van der Waals surface area (Å²) in [5, 5.41) is 9.43. The van der Waals surface area contributed by atoms with Crippen LogP contribution in [0.2, 0.25) is 5.02 Å². The first-order valence-corrected chi connectivity index (χ1v) is 13.2. The molecule has 0 spiro atoms. The van der Waals surface area contributed by atoms with Crippen LogP contribution in [0.5, 0.6) is 5.88 Å². The van der Waals surface area contributed by atoms with Gasteiger partial charge >= 0.3 is 5.97 Å². The van der Waals surface area contributed by atoms with E-state index in [2.05, 4.69) is 24.9 Å². The van der Waals surface area contributed by atoms with Gasteiger partial charge in [0.15, 0.2) is 17.2 Å². The molecule has 0 amide bonds. The van der Waals surface area contributed by atoms with Gasteiger partial charge in [0.1, 0.15) is 41.1 Å². The first-order valence-electron chi connectivity index (χ1n) is 12.8. The normalized spacial score (nSPS) is 14.6. The van der Waals surface area contributed by atoms with E-state index < -0.39 is 41.7 Å². The Bertz CT molecular complexity index is 1880. The Labute approximate surface area is 244 Å². The number of carbonyl (C=O) groups is 1. The molecule has 4 aromatic heterocycles. The molecule has 1 aromatic carbocycles. The van der Waals surface area contributed by atoms with E-state index in [0.29, 0.717) is 24.5 Å². The third-order valence-corrected chi connectivity index (χ3v) is 6.94. The number of ether oxygens (including phenoxy) is 2. The van der Waals surface area contributed by atoms with Crippen molar-refractivity contribution < 1.29 is 36.9 Å². The van der Waals surface area contributed by atoms with Crippen LogP contribution in [0, 0.1) is 23.3 Å². The van der Waals surface area contributed by atoms with Gasteiger partial charge in [0.25, 0.3) is 5.88 Å². The molecular weight excluding hydrogens is 596 g/mol. The maximum Gasteiger partial charge on any atom is 0.354 e. The fourth-order valence-electron chi connectivity index (χ4n) is 4.46. The van der Waals surface area contributed by atoms with Crippen molar-refractivity contribution in [3.63, 3.8) is 0 Å². The van der Waals surface area contributed by atoms with Crippen molar-refractivity contribution in [3.05, 3.63) is 93.8 Å². The number of carboxylic acid groups (broad SMARTS) is 1. The highest BCUT2D eigenvalue weighted by Crippen LogP contribution is 2.28. The van der Waals surface area contributed by atoms with E-state index in [1.54, 1.807) is 4.57 Å². The molecule has 0 radical (unpaired) electrons. The van der Waals surface area contributed by atoms with Crippen molar-refractivity contribution in [2.45, 2.75) is 32.1 Å². The number of benzene rings is 1. The Kier molecular flexibility index (Phi) is 7.62. The van der Waals surface area contributed by atoms with Crippen LogP contribution in [0.4, 0.5) is 17.6 Å². The van der Waals surface area contributed by atoms with Gasteiger partial charge in [-0.2, -0.15) is 9.37 Å². The number of fused-ring (bicyclic) bond motifs is 1. The molecule has 0 aliphatic carbocycles. The van der Waals surface area contributed by atoms with Crippen LogP contribution >= 0.6 is 11.6 Å². The molecule has 0 saturated carbocycles. The maximum atomic E-state index is 15.4. The third-order valence-electron chi connectivity index (χ3n) is 6.74. The summed E-state index contributed by atoms with van der Waals surface area (Å²) in [4.78, 5) is 31.5. The largest absolute Gasteiger partial charge is 0.477 e. The molecule has 1 aliphatic rings. The summed E-state index contributed by atoms with van der Waals surface area (Å²) in [6, 6.07) is 5.63. The monoisotopic (exact) mass is 614 g/mol. The molecule has 1 N–H and O–H groups in total. The van der Waals surface area contributed by atoms with E-state index in [9.17, 15) is 18.7 Å². The lowest BCUT2D eigenvalue weighted by molar-refractivity contribution is -0.0590. The summed E-state index contributed by atoms with van der Waals surface area (Å²) in [7, 11) is 0. The SMILES string of the molecule is O=C(O)c1ccc2nc(Cc3cc(F)c(-c4ncc(F)c(OCc5ncc(Cl)cc5F)n4)cc3F)n(C[C@@H]3CCO3)c2n1. The van der Waals surface area contributed by atoms with Gasteiger partial charge in [-0.3, -0.25) is 4.98 Å². The van der Waals surface area contributed by atoms with Crippen LogP contribution in [-0.4, -0.2) is 53.3 Å². The second-order valence-corrected chi connectivity index (χ2v) is 10.0. The molecule has 0 unspecified atom stereocenters. The Morgan fingerprint density at radius 2 is 1.84 bits per heavy atom. The number of carboxylic acids is 1. The summed E-state index contributed by atoms with van der Waals surface area (Å²) in [6.45, 7) is 0.364. The van der Waals surface area contributed by atoms with Gasteiger partial charge in [-0.25, -0.2) is 32.9 Å². The summed E-state index contributed by atoms with van der Waals surface area (Å²) >= 11 is 5.68. The Morgan fingerprint density at radius 3 is 2.56 bits per heavy atom. The van der Waals surface area contributed by atoms with E-state index in [1.807, 2.05) is 0 Å². The summed E-state index contributed by atoms with van der Waals surface area (Å²) < 4.78 is 71.5. The molecule has 1 aliphatic heterocycles. The van der Waals surface area contributed by atoms with Gasteiger partial charge in [-0.1, -0.05) is 11.6 Å². The average molecular weight is 615 g/mol. The number of imidazole rings is 1. The number of pyridine rings is 2. The minimum atomic E-state index is -1.22. The lowest BCUT2D eigenvalue weighted by atomic mass is 10.1. The molecule has 5 aromatic rings. The highest BCUT2D eigenvalue weighted by Gasteiger charge is 2.25. The first-order chi connectivity index (χ1) is 20.7. The maximum absolute atomic E-state index is 15.4. The first kappa shape index (κ1) is 28.4. The molecule has 5 heterocycles. The minimum absolute atomic E-state index is 0.0614. The van der Waals surface area contributed by atoms with Gasteiger partial charge in [-0.05, 0) is 42.3 Å². The average Bonchev–Trinajstić information content (AvgIpc) is 3.28. The van der Waals surface area contributed by atoms with Gasteiger partial charge in [-0.15, -0.1) is 0 Å². The van der Waals surface area contributed by atoms with E-state index in [1.165, 1.54) is 18.3 Å². The van der Waals surface area contributed by atoms with Crippen LogP contribution in [0.1, 0.15) is 34.0 Å². The van der Waals surface area contributed by atoms with Crippen LogP contribution < -0.4 is 4.74 Å². The minimum Gasteiger partial charge on any atom is -0.477 e. The lowest BCUT2D eigenvalue weighted by Crippen LogP contribution is -2.32. The van der Waals surface area contributed by atoms with Crippen molar-refractivity contribution in [1.29, 1.82) is 0 Å². The van der Waals surface area contributed by atoms with Crippen molar-refractivity contribution in [2.24, 2.45) is 0 Å². The van der Waals surface area contributed by atoms with E-state index in [0.717, 1.165) is 30.8 Å². The fourth-order valence-corrected chi connectivity index (χ4v) is 4.60. The topological polar surface area (TPSA) is 125 Å². The molecule has 1 atom stereocenters. The predicted octanol–water partition coefficient (Wildman–Crippen LogP) is 5.15. The van der Waals surface area contributed by atoms with Crippen LogP contribution in [0.3, 0.4) is 0 Å². The van der Waals surface area contributed by atoms with Crippen LogP contribution in [0.25, 0.3) is 22.6 Å². The molecule has 6 rings (SSSR count). The summed E-state index contributed by atoms with van der Waals surface area (Å²) in [5.41, 5.74) is -0.121. The van der Waals surface area contributed by atoms with Gasteiger partial charge in [0, 0.05) is 19.2 Å². The molecule has 1 fully saturated rings. The molecular formula is C28H19ClF4N6O4. The molecule has 15 heteroatoms. The Balaban J connectivity index is 1.29. The number of hydrogen-bond acceptors (Lipinski definition) is 8. The van der Waals surface area contributed by atoms with Crippen molar-refractivity contribution >= 4 is 28.7 Å². The fraction of sp³-hybridized carbons (Fsp3) is 0.214. The van der Waals surface area contributed by atoms with E-state index in [4.69, 9.17) is 21.1 Å². The molecule has 10 nitrogen and oxygen atoms in total. The zero-order valence-corrected chi connectivity index (χ0v) is 22.7. The number of hydrogen-bond donors (Lipinski definition) is 1. The van der Waals surface area contributed by atoms with Crippen molar-refractivity contribution in [3.8, 4) is 17.3 Å². The summed E-state index contributed by atoms with van der Waals surface area (Å²) in [6.07, 6.45) is 2.36. The lowest BCUT2D eigenvalue weighted by Gasteiger charge is -2.27. The summed E-state index contributed by atoms with van der Waals surface area (Å²) in [5.74, 6) is -5.41. The number of nitrogens with zero attached hydrogens (tertiary/aromatic N) is 6. The standard InChI is InChI=1S/C28H19ClF4N6O4/c29-14-7-19(32)23(34-9-14)12-43-27-20(33)10-35-25(38-27)16-8-17(30)13(5-18(16)31)6-24-36-21-1-2-22(28(40)41)37-26(21)39(24)11-15-3-4-42-15/h1-2,5,7-10,15H,3-4,6,11-12H2,(H,40,41)/t15-/m0/s1. The molecule has 220 valence electrons. The third kappa shape index (κ3) is 5.83. The van der Waals surface area contributed by atoms with Gasteiger partial charge in [0.2, 0.25) is 5.82 Å². The quantitative estimate of drug-likeness (QED) is 0.224. The number of aromatic nitrogens is 6. The molecule has 0 bridgehead atoms. The smallest absolute Gasteiger partial charge is 0.354 e. The predicted molar refractivity (Wildman–Crippen MR) is 143 cm³/mol. The van der Waals surface area contributed by atoms with Crippen molar-refractivity contribution in [1.82, 2.24) is 29.5 Å². The van der Waals surface area contributed by atoms with Gasteiger partial charge in [0.05, 0.1) is 29.4 Å². The zero-order valence-electron chi connectivity index (χ0n) is 21.9. The Hall–Kier alpha value is -4.69. The number of aromatic carboxylic acids is 1. The molecule has 1 saturated heterocycles. The van der Waals surface area contributed by atoms with Crippen molar-refractivity contribution in [2.75, 3.05) is 6.61 Å². The highest BCUT2D eigenvalue weighted by molar-refractivity contribution is 6.30. The second-order valence-electron chi connectivity index (χ2n) is 9.58.